The summed E-state index contributed by atoms with van der Waals surface area (Å²) < 4.78 is 0. The largest absolute Gasteiger partial charge is 0.330 e. The minimum Gasteiger partial charge on any atom is -0.330 e. The second-order valence-corrected chi connectivity index (χ2v) is 33.5. The molecule has 0 saturated carbocycles. The van der Waals surface area contributed by atoms with Gasteiger partial charge in [0.15, 0.2) is 0 Å². The number of nitrogens with zero attached hydrogens (tertiary/aromatic N) is 3. The van der Waals surface area contributed by atoms with Crippen LogP contribution in [0.2, 0.25) is 0 Å². The summed E-state index contributed by atoms with van der Waals surface area (Å²) in [7, 11) is 0. The fraction of sp³-hybridized carbons (Fsp3) is 0.415. The van der Waals surface area contributed by atoms with Crippen molar-refractivity contribution >= 4 is 68.6 Å². The van der Waals surface area contributed by atoms with Crippen LogP contribution >= 0.6 is 0 Å². The van der Waals surface area contributed by atoms with E-state index in [0.717, 1.165) is 32.1 Å². The Morgan fingerprint density at radius 3 is 1.52 bits per heavy atom. The molecular weight excluding hydrogens is 1040 g/mol. The van der Waals surface area contributed by atoms with Crippen molar-refractivity contribution in [2.24, 2.45) is 0 Å². The van der Waals surface area contributed by atoms with Crippen LogP contribution in [-0.4, -0.2) is 6.71 Å². The molecule has 0 fully saturated rings. The molecule has 2 unspecified atom stereocenters. The van der Waals surface area contributed by atoms with E-state index in [1.807, 2.05) is 0 Å². The van der Waals surface area contributed by atoms with Gasteiger partial charge in [-0.3, -0.25) is 0 Å². The number of hydrogen-bond donors (Lipinski definition) is 0. The lowest BCUT2D eigenvalue weighted by molar-refractivity contribution is 0.245. The van der Waals surface area contributed by atoms with Gasteiger partial charge in [-0.1, -0.05) is 222 Å². The van der Waals surface area contributed by atoms with Gasteiger partial charge in [-0.25, -0.2) is 0 Å². The smallest absolute Gasteiger partial charge is 0.252 e. The zero-order valence-electron chi connectivity index (χ0n) is 55.6. The highest BCUT2D eigenvalue weighted by molar-refractivity contribution is 7.00. The number of aryl methyl sites for hydroxylation is 1. The maximum absolute atomic E-state index is 2.85. The van der Waals surface area contributed by atoms with Crippen LogP contribution in [0.25, 0.3) is 11.1 Å². The maximum Gasteiger partial charge on any atom is 0.252 e. The van der Waals surface area contributed by atoms with E-state index in [2.05, 4.69) is 298 Å². The maximum atomic E-state index is 2.85. The van der Waals surface area contributed by atoms with E-state index in [-0.39, 0.29) is 50.0 Å². The zero-order valence-corrected chi connectivity index (χ0v) is 55.6. The molecule has 2 atom stereocenters. The molecule has 3 aliphatic carbocycles. The summed E-state index contributed by atoms with van der Waals surface area (Å²) in [5.74, 6) is 0. The van der Waals surface area contributed by atoms with E-state index < -0.39 is 5.54 Å². The van der Waals surface area contributed by atoms with Crippen LogP contribution in [0.3, 0.4) is 0 Å². The van der Waals surface area contributed by atoms with Crippen molar-refractivity contribution in [3.8, 4) is 11.1 Å². The number of hydrogen-bond acceptors (Lipinski definition) is 3. The molecule has 14 rings (SSSR count). The van der Waals surface area contributed by atoms with Crippen LogP contribution in [0.5, 0.6) is 0 Å². The van der Waals surface area contributed by atoms with Gasteiger partial charge in [-0.2, -0.15) is 0 Å². The number of rotatable bonds is 4. The van der Waals surface area contributed by atoms with Crippen molar-refractivity contribution in [2.45, 2.75) is 219 Å². The first kappa shape index (κ1) is 57.0. The third kappa shape index (κ3) is 8.25. The molecular formula is C82H94BN3. The number of benzene rings is 8. The summed E-state index contributed by atoms with van der Waals surface area (Å²) in [5, 5.41) is 0. The van der Waals surface area contributed by atoms with Gasteiger partial charge in [-0.15, -0.1) is 0 Å². The molecule has 8 aromatic rings. The third-order valence-corrected chi connectivity index (χ3v) is 23.1. The van der Waals surface area contributed by atoms with Crippen LogP contribution in [0.1, 0.15) is 219 Å². The Balaban J connectivity index is 1.17. The lowest BCUT2D eigenvalue weighted by Gasteiger charge is -2.52. The quantitative estimate of drug-likeness (QED) is 0.163. The molecule has 4 heteroatoms. The molecule has 8 aromatic carbocycles. The Kier molecular flexibility index (Phi) is 12.2. The minimum absolute atomic E-state index is 0.00473. The van der Waals surface area contributed by atoms with Crippen molar-refractivity contribution in [2.75, 3.05) is 14.7 Å². The Morgan fingerprint density at radius 2 is 0.884 bits per heavy atom. The average Bonchev–Trinajstić information content (AvgIpc) is 1.29. The number of anilines is 8. The third-order valence-electron chi connectivity index (χ3n) is 23.1. The van der Waals surface area contributed by atoms with Crippen molar-refractivity contribution in [3.05, 3.63) is 207 Å². The second kappa shape index (κ2) is 18.4. The molecule has 0 spiro atoms. The fourth-order valence-corrected chi connectivity index (χ4v) is 17.1. The van der Waals surface area contributed by atoms with E-state index >= 15 is 0 Å². The highest BCUT2D eigenvalue weighted by Gasteiger charge is 2.61. The van der Waals surface area contributed by atoms with Crippen LogP contribution in [0.15, 0.2) is 152 Å². The molecule has 3 aliphatic heterocycles. The van der Waals surface area contributed by atoms with E-state index in [9.17, 15) is 0 Å². The molecule has 440 valence electrons. The first-order chi connectivity index (χ1) is 40.2. The van der Waals surface area contributed by atoms with Gasteiger partial charge in [0.05, 0.1) is 11.2 Å². The van der Waals surface area contributed by atoms with E-state index in [1.165, 1.54) is 135 Å². The van der Waals surface area contributed by atoms with E-state index in [1.54, 1.807) is 0 Å². The zero-order chi connectivity index (χ0) is 61.0. The average molecular weight is 1130 g/mol. The van der Waals surface area contributed by atoms with E-state index in [4.69, 9.17) is 0 Å². The van der Waals surface area contributed by atoms with Gasteiger partial charge in [0.2, 0.25) is 0 Å². The predicted octanol–water partition coefficient (Wildman–Crippen LogP) is 20.3. The van der Waals surface area contributed by atoms with Crippen molar-refractivity contribution < 1.29 is 0 Å². The molecule has 0 bridgehead atoms. The number of fused-ring (bicyclic) bond motifs is 11. The first-order valence-corrected chi connectivity index (χ1v) is 32.7. The second-order valence-electron chi connectivity index (χ2n) is 33.5. The summed E-state index contributed by atoms with van der Waals surface area (Å²) in [6.07, 6.45) is 6.75. The lowest BCUT2D eigenvalue weighted by Crippen LogP contribution is -2.62. The van der Waals surface area contributed by atoms with Gasteiger partial charge in [0.1, 0.15) is 0 Å². The summed E-state index contributed by atoms with van der Waals surface area (Å²) in [6, 6.07) is 61.8. The van der Waals surface area contributed by atoms with E-state index in [0.29, 0.717) is 0 Å². The highest BCUT2D eigenvalue weighted by Crippen LogP contribution is 2.65. The molecule has 0 amide bonds. The lowest BCUT2D eigenvalue weighted by atomic mass is 9.33. The molecule has 0 aromatic heterocycles. The van der Waals surface area contributed by atoms with Gasteiger partial charge in [-0.05, 0) is 216 Å². The first-order valence-electron chi connectivity index (χ1n) is 32.7. The summed E-state index contributed by atoms with van der Waals surface area (Å²) >= 11 is 0. The van der Waals surface area contributed by atoms with Gasteiger partial charge < -0.3 is 14.7 Å². The van der Waals surface area contributed by atoms with Crippen LogP contribution in [-0.2, 0) is 55.3 Å². The summed E-state index contributed by atoms with van der Waals surface area (Å²) in [5.41, 5.74) is 30.4. The normalized spacial score (nSPS) is 21.8. The van der Waals surface area contributed by atoms with Crippen molar-refractivity contribution in [1.29, 1.82) is 0 Å². The molecule has 0 saturated heterocycles. The molecule has 86 heavy (non-hydrogen) atoms. The fourth-order valence-electron chi connectivity index (χ4n) is 17.1. The van der Waals surface area contributed by atoms with Gasteiger partial charge in [0, 0.05) is 50.8 Å². The van der Waals surface area contributed by atoms with Crippen LogP contribution in [0.4, 0.5) is 45.5 Å². The standard InChI is InChI=1S/C82H94BN3/c1-74(2,3)53-30-35-67(58(43-53)51-25-21-20-22-26-51)85-69-45-55(76(7,8)9)29-34-65(69)83-66-49-62-63(80(16,17)42-41-79(62,14)15)50-70(66)84(56-32-33-60-61(46-56)78(12,13)40-39-77(60,10)11)71-47-57(48-72(85)73(71)83)86-68-36-31-54(75(4,5)6)44-64(68)81(18)38-37-52-27-23-24-28-59(52)82(81,86)19/h20-36,43-50H,37-42H2,1-19H3. The minimum atomic E-state index is -0.436. The molecule has 3 nitrogen and oxygen atoms in total. The van der Waals surface area contributed by atoms with Gasteiger partial charge in [0.25, 0.3) is 6.71 Å². The van der Waals surface area contributed by atoms with Crippen LogP contribution in [0, 0.1) is 0 Å². The monoisotopic (exact) mass is 1130 g/mol. The molecule has 3 heterocycles. The Hall–Kier alpha value is -6.78. The summed E-state index contributed by atoms with van der Waals surface area (Å²) in [4.78, 5) is 8.39. The van der Waals surface area contributed by atoms with Gasteiger partial charge >= 0.3 is 0 Å². The highest BCUT2D eigenvalue weighted by atomic mass is 15.3. The predicted molar refractivity (Wildman–Crippen MR) is 371 cm³/mol. The Bertz CT molecular complexity index is 4130. The van der Waals surface area contributed by atoms with Crippen LogP contribution < -0.4 is 31.1 Å². The molecule has 0 radical (unpaired) electrons. The van der Waals surface area contributed by atoms with Crippen molar-refractivity contribution in [1.82, 2.24) is 0 Å². The molecule has 6 aliphatic rings. The topological polar surface area (TPSA) is 9.72 Å². The molecule has 0 N–H and O–H groups in total. The Morgan fingerprint density at radius 1 is 0.360 bits per heavy atom. The Labute approximate surface area is 517 Å². The summed E-state index contributed by atoms with van der Waals surface area (Å²) in [6.45, 7) is 46.6. The van der Waals surface area contributed by atoms with Crippen molar-refractivity contribution in [3.63, 3.8) is 0 Å². The SMILES string of the molecule is CC(C)(C)c1ccc(N2c3cc(C(C)(C)C)ccc3B3c4cc5c(cc4N(c4ccc6c(c4)C(C)(C)CCC6(C)C)c4cc(N6c7ccc(C(C)(C)C)cc7C7(C)CCc8ccccc8C67C)cc2c43)C(C)(C)CCC5(C)C)c(-c2ccccc2)c1.